The molecule has 1 aromatic carbocycles. The van der Waals surface area contributed by atoms with Crippen LogP contribution in [-0.4, -0.2) is 16.7 Å². The minimum atomic E-state index is 0.478. The molecular formula is C14H18ClN3O. The average molecular weight is 280 g/mol. The van der Waals surface area contributed by atoms with Gasteiger partial charge < -0.3 is 10.3 Å². The Hall–Kier alpha value is -1.39. The molecule has 0 saturated carbocycles. The number of hydrogen-bond acceptors (Lipinski definition) is 4. The Morgan fingerprint density at radius 1 is 1.32 bits per heavy atom. The van der Waals surface area contributed by atoms with Crippen LogP contribution in [0.2, 0.25) is 5.02 Å². The van der Waals surface area contributed by atoms with Gasteiger partial charge in [0.25, 0.3) is 0 Å². The molecule has 0 amide bonds. The van der Waals surface area contributed by atoms with E-state index < -0.39 is 0 Å². The molecule has 0 fully saturated rings. The van der Waals surface area contributed by atoms with Crippen LogP contribution in [0.5, 0.6) is 0 Å². The standard InChI is InChI=1S/C14H18ClN3O/c1-10(9-16)2-7-14-17-13(18-19-14)8-11-3-5-12(15)6-4-11/h3-6,10H,2,7-9,16H2,1H3. The lowest BCUT2D eigenvalue weighted by atomic mass is 10.1. The summed E-state index contributed by atoms with van der Waals surface area (Å²) in [5, 5.41) is 4.72. The van der Waals surface area contributed by atoms with E-state index in [2.05, 4.69) is 17.1 Å². The number of hydrogen-bond donors (Lipinski definition) is 1. The summed E-state index contributed by atoms with van der Waals surface area (Å²) < 4.78 is 5.23. The predicted octanol–water partition coefficient (Wildman–Crippen LogP) is 2.84. The SMILES string of the molecule is CC(CN)CCc1nc(Cc2ccc(Cl)cc2)no1. The van der Waals surface area contributed by atoms with Crippen molar-refractivity contribution in [3.05, 3.63) is 46.6 Å². The van der Waals surface area contributed by atoms with Gasteiger partial charge in [-0.1, -0.05) is 35.8 Å². The van der Waals surface area contributed by atoms with Gasteiger partial charge in [0.05, 0.1) is 0 Å². The summed E-state index contributed by atoms with van der Waals surface area (Å²) in [6.45, 7) is 2.80. The summed E-state index contributed by atoms with van der Waals surface area (Å²) in [4.78, 5) is 4.38. The first kappa shape index (κ1) is 14.0. The number of halogens is 1. The van der Waals surface area contributed by atoms with Crippen LogP contribution in [0.4, 0.5) is 0 Å². The molecular weight excluding hydrogens is 262 g/mol. The normalized spacial score (nSPS) is 12.6. The fourth-order valence-corrected chi connectivity index (χ4v) is 1.86. The number of nitrogens with zero attached hydrogens (tertiary/aromatic N) is 2. The molecule has 2 rings (SSSR count). The summed E-state index contributed by atoms with van der Waals surface area (Å²) in [5.74, 6) is 1.87. The zero-order valence-corrected chi connectivity index (χ0v) is 11.7. The molecule has 4 nitrogen and oxygen atoms in total. The van der Waals surface area contributed by atoms with Crippen LogP contribution in [0.3, 0.4) is 0 Å². The van der Waals surface area contributed by atoms with Crippen LogP contribution in [0.25, 0.3) is 0 Å². The van der Waals surface area contributed by atoms with E-state index in [0.717, 1.165) is 23.4 Å². The second-order valence-electron chi connectivity index (χ2n) is 4.79. The van der Waals surface area contributed by atoms with Crippen molar-refractivity contribution in [2.75, 3.05) is 6.54 Å². The van der Waals surface area contributed by atoms with E-state index in [1.54, 1.807) is 0 Å². The van der Waals surface area contributed by atoms with Crippen LogP contribution >= 0.6 is 11.6 Å². The van der Waals surface area contributed by atoms with Crippen molar-refractivity contribution in [2.45, 2.75) is 26.2 Å². The van der Waals surface area contributed by atoms with Crippen LogP contribution in [0, 0.1) is 5.92 Å². The second kappa shape index (κ2) is 6.68. The highest BCUT2D eigenvalue weighted by molar-refractivity contribution is 6.30. The van der Waals surface area contributed by atoms with Gasteiger partial charge >= 0.3 is 0 Å². The minimum Gasteiger partial charge on any atom is -0.339 e. The Bertz CT molecular complexity index is 510. The maximum Gasteiger partial charge on any atom is 0.226 e. The molecule has 0 aliphatic rings. The lowest BCUT2D eigenvalue weighted by Gasteiger charge is -2.03. The number of rotatable bonds is 6. The molecule has 1 unspecified atom stereocenters. The highest BCUT2D eigenvalue weighted by atomic mass is 35.5. The summed E-state index contributed by atoms with van der Waals surface area (Å²) in [5.41, 5.74) is 6.70. The smallest absolute Gasteiger partial charge is 0.226 e. The van der Waals surface area contributed by atoms with Crippen molar-refractivity contribution < 1.29 is 4.52 Å². The van der Waals surface area contributed by atoms with Crippen LogP contribution in [-0.2, 0) is 12.8 Å². The summed E-state index contributed by atoms with van der Waals surface area (Å²) >= 11 is 5.84. The van der Waals surface area contributed by atoms with E-state index >= 15 is 0 Å². The van der Waals surface area contributed by atoms with Gasteiger partial charge in [-0.3, -0.25) is 0 Å². The zero-order chi connectivity index (χ0) is 13.7. The lowest BCUT2D eigenvalue weighted by Crippen LogP contribution is -2.11. The molecule has 5 heteroatoms. The Labute approximate surface area is 118 Å². The van der Waals surface area contributed by atoms with Gasteiger partial charge in [-0.25, -0.2) is 0 Å². The number of nitrogens with two attached hydrogens (primary N) is 1. The molecule has 102 valence electrons. The predicted molar refractivity (Wildman–Crippen MR) is 75.1 cm³/mol. The number of aryl methyl sites for hydroxylation is 1. The van der Waals surface area contributed by atoms with E-state index in [9.17, 15) is 0 Å². The van der Waals surface area contributed by atoms with Crippen molar-refractivity contribution in [1.29, 1.82) is 0 Å². The van der Waals surface area contributed by atoms with Crippen LogP contribution in [0.1, 0.15) is 30.6 Å². The molecule has 1 atom stereocenters. The van der Waals surface area contributed by atoms with Crippen LogP contribution < -0.4 is 5.73 Å². The van der Waals surface area contributed by atoms with Crippen LogP contribution in [0.15, 0.2) is 28.8 Å². The fraction of sp³-hybridized carbons (Fsp3) is 0.429. The lowest BCUT2D eigenvalue weighted by molar-refractivity contribution is 0.362. The molecule has 2 N–H and O–H groups in total. The first-order valence-corrected chi connectivity index (χ1v) is 6.81. The van der Waals surface area contributed by atoms with Crippen molar-refractivity contribution in [1.82, 2.24) is 10.1 Å². The van der Waals surface area contributed by atoms with Gasteiger partial charge in [0, 0.05) is 17.9 Å². The summed E-state index contributed by atoms with van der Waals surface area (Å²) in [6, 6.07) is 7.66. The topological polar surface area (TPSA) is 64.9 Å². The first-order chi connectivity index (χ1) is 9.17. The molecule has 0 spiro atoms. The highest BCUT2D eigenvalue weighted by Gasteiger charge is 2.08. The summed E-state index contributed by atoms with van der Waals surface area (Å²) in [6.07, 6.45) is 2.41. The second-order valence-corrected chi connectivity index (χ2v) is 5.22. The highest BCUT2D eigenvalue weighted by Crippen LogP contribution is 2.13. The van der Waals surface area contributed by atoms with Crippen molar-refractivity contribution in [3.8, 4) is 0 Å². The van der Waals surface area contributed by atoms with Gasteiger partial charge in [0.1, 0.15) is 0 Å². The molecule has 2 aromatic rings. The van der Waals surface area contributed by atoms with Gasteiger partial charge in [-0.05, 0) is 36.6 Å². The van der Waals surface area contributed by atoms with Gasteiger partial charge in [-0.15, -0.1) is 0 Å². The Morgan fingerprint density at radius 3 is 2.74 bits per heavy atom. The molecule has 0 radical (unpaired) electrons. The maximum atomic E-state index is 5.84. The van der Waals surface area contributed by atoms with E-state index in [4.69, 9.17) is 21.9 Å². The van der Waals surface area contributed by atoms with E-state index in [-0.39, 0.29) is 0 Å². The van der Waals surface area contributed by atoms with E-state index in [1.807, 2.05) is 24.3 Å². The fourth-order valence-electron chi connectivity index (χ4n) is 1.74. The third-order valence-electron chi connectivity index (χ3n) is 3.04. The molecule has 0 aliphatic carbocycles. The minimum absolute atomic E-state index is 0.478. The molecule has 1 aromatic heterocycles. The third-order valence-corrected chi connectivity index (χ3v) is 3.29. The molecule has 0 aliphatic heterocycles. The van der Waals surface area contributed by atoms with Crippen molar-refractivity contribution in [2.24, 2.45) is 11.7 Å². The zero-order valence-electron chi connectivity index (χ0n) is 11.0. The molecule has 1 heterocycles. The quantitative estimate of drug-likeness (QED) is 0.883. The summed E-state index contributed by atoms with van der Waals surface area (Å²) in [7, 11) is 0. The third kappa shape index (κ3) is 4.33. The molecule has 19 heavy (non-hydrogen) atoms. The number of aromatic nitrogens is 2. The van der Waals surface area contributed by atoms with Gasteiger partial charge in [0.15, 0.2) is 5.82 Å². The molecule has 0 saturated heterocycles. The van der Waals surface area contributed by atoms with Gasteiger partial charge in [0.2, 0.25) is 5.89 Å². The molecule has 0 bridgehead atoms. The van der Waals surface area contributed by atoms with Crippen molar-refractivity contribution in [3.63, 3.8) is 0 Å². The maximum absolute atomic E-state index is 5.84. The first-order valence-electron chi connectivity index (χ1n) is 6.43. The average Bonchev–Trinajstić information content (AvgIpc) is 2.86. The van der Waals surface area contributed by atoms with Crippen molar-refractivity contribution >= 4 is 11.6 Å². The van der Waals surface area contributed by atoms with E-state index in [0.29, 0.717) is 30.6 Å². The Morgan fingerprint density at radius 2 is 2.05 bits per heavy atom. The number of benzene rings is 1. The Kier molecular flexibility index (Phi) is 4.93. The monoisotopic (exact) mass is 279 g/mol. The van der Waals surface area contributed by atoms with Gasteiger partial charge in [-0.2, -0.15) is 4.98 Å². The van der Waals surface area contributed by atoms with E-state index in [1.165, 1.54) is 0 Å². The Balaban J connectivity index is 1.91. The largest absolute Gasteiger partial charge is 0.339 e.